The van der Waals surface area contributed by atoms with E-state index < -0.39 is 5.82 Å². The van der Waals surface area contributed by atoms with E-state index in [1.54, 1.807) is 26.5 Å². The molecule has 3 aromatic carbocycles. The molecule has 3 aromatic heterocycles. The molecule has 7 rings (SSSR count). The molecular formula is C35H32FN7O3. The number of amides is 1. The normalized spacial score (nSPS) is 12.8. The van der Waals surface area contributed by atoms with E-state index in [-0.39, 0.29) is 17.8 Å². The topological polar surface area (TPSA) is 97.1 Å². The Balaban J connectivity index is 1.19. The summed E-state index contributed by atoms with van der Waals surface area (Å²) in [6.45, 7) is 2.02. The number of methoxy groups -OCH3 is 2. The Hall–Kier alpha value is -5.71. The molecule has 1 N–H and O–H groups in total. The van der Waals surface area contributed by atoms with E-state index in [1.807, 2.05) is 82.2 Å². The van der Waals surface area contributed by atoms with Gasteiger partial charge in [0.2, 0.25) is 11.9 Å². The number of imidazole rings is 1. The van der Waals surface area contributed by atoms with Gasteiger partial charge in [-0.1, -0.05) is 24.3 Å². The number of hydrogen-bond acceptors (Lipinski definition) is 8. The van der Waals surface area contributed by atoms with Crippen LogP contribution in [0.3, 0.4) is 0 Å². The lowest BCUT2D eigenvalue weighted by atomic mass is 10.1. The van der Waals surface area contributed by atoms with Crippen LogP contribution >= 0.6 is 0 Å². The van der Waals surface area contributed by atoms with Crippen LogP contribution in [0.5, 0.6) is 11.5 Å². The van der Waals surface area contributed by atoms with Crippen LogP contribution < -0.4 is 24.6 Å². The number of anilines is 3. The maximum Gasteiger partial charge on any atom is 0.233 e. The van der Waals surface area contributed by atoms with Gasteiger partial charge in [-0.05, 0) is 48.5 Å². The van der Waals surface area contributed by atoms with Crippen LogP contribution in [-0.4, -0.2) is 52.6 Å². The number of nitrogens with zero attached hydrogens (tertiary/aromatic N) is 6. The second-order valence-corrected chi connectivity index (χ2v) is 11.0. The summed E-state index contributed by atoms with van der Waals surface area (Å²) in [5, 5.41) is 3.98. The Morgan fingerprint density at radius 1 is 0.913 bits per heavy atom. The Labute approximate surface area is 265 Å². The number of benzene rings is 3. The van der Waals surface area contributed by atoms with Crippen molar-refractivity contribution in [1.29, 1.82) is 0 Å². The fourth-order valence-corrected chi connectivity index (χ4v) is 5.92. The highest BCUT2D eigenvalue weighted by Crippen LogP contribution is 2.35. The zero-order chi connectivity index (χ0) is 31.6. The number of hydrogen-bond donors (Lipinski definition) is 1. The molecule has 0 atom stereocenters. The van der Waals surface area contributed by atoms with Gasteiger partial charge >= 0.3 is 0 Å². The smallest absolute Gasteiger partial charge is 0.233 e. The van der Waals surface area contributed by atoms with E-state index in [2.05, 4.69) is 20.2 Å². The second-order valence-electron chi connectivity index (χ2n) is 11.0. The molecule has 1 aliphatic heterocycles. The molecule has 0 aliphatic carbocycles. The van der Waals surface area contributed by atoms with Crippen molar-refractivity contribution >= 4 is 39.8 Å². The van der Waals surface area contributed by atoms with E-state index in [0.29, 0.717) is 54.7 Å². The van der Waals surface area contributed by atoms with Crippen LogP contribution in [0.1, 0.15) is 17.0 Å². The van der Waals surface area contributed by atoms with Gasteiger partial charge in [-0.2, -0.15) is 0 Å². The van der Waals surface area contributed by atoms with E-state index in [0.717, 1.165) is 28.3 Å². The van der Waals surface area contributed by atoms with E-state index in [4.69, 9.17) is 14.5 Å². The third kappa shape index (κ3) is 5.51. The number of nitrogens with one attached hydrogen (secondary N) is 1. The maximum atomic E-state index is 15.0. The fourth-order valence-electron chi connectivity index (χ4n) is 5.92. The minimum Gasteiger partial charge on any atom is -0.497 e. The van der Waals surface area contributed by atoms with Crippen LogP contribution in [0.2, 0.25) is 0 Å². The first-order valence-electron chi connectivity index (χ1n) is 15.0. The molecule has 1 amide bonds. The van der Waals surface area contributed by atoms with Crippen molar-refractivity contribution in [1.82, 2.24) is 19.4 Å². The van der Waals surface area contributed by atoms with E-state index >= 15 is 4.39 Å². The molecule has 0 fully saturated rings. The number of pyridine rings is 1. The first-order valence-corrected chi connectivity index (χ1v) is 15.0. The van der Waals surface area contributed by atoms with Crippen LogP contribution in [-0.2, 0) is 24.3 Å². The van der Waals surface area contributed by atoms with Gasteiger partial charge in [-0.15, -0.1) is 0 Å². The summed E-state index contributed by atoms with van der Waals surface area (Å²) in [6, 6.07) is 24.0. The van der Waals surface area contributed by atoms with Gasteiger partial charge in [0.15, 0.2) is 0 Å². The van der Waals surface area contributed by atoms with Crippen LogP contribution in [0, 0.1) is 5.82 Å². The summed E-state index contributed by atoms with van der Waals surface area (Å²) in [4.78, 5) is 31.4. The summed E-state index contributed by atoms with van der Waals surface area (Å²) < 4.78 is 27.8. The summed E-state index contributed by atoms with van der Waals surface area (Å²) >= 11 is 0. The van der Waals surface area contributed by atoms with Crippen LogP contribution in [0.4, 0.5) is 21.7 Å². The Kier molecular flexibility index (Phi) is 7.79. The number of fused-ring (bicyclic) bond motifs is 4. The summed E-state index contributed by atoms with van der Waals surface area (Å²) in [5.41, 5.74) is 5.04. The summed E-state index contributed by atoms with van der Waals surface area (Å²) in [7, 11) is 3.21. The van der Waals surface area contributed by atoms with Gasteiger partial charge in [-0.25, -0.2) is 14.4 Å². The minimum atomic E-state index is -0.421. The van der Waals surface area contributed by atoms with Gasteiger partial charge in [0.05, 0.1) is 44.3 Å². The average Bonchev–Trinajstić information content (AvgIpc) is 3.52. The largest absolute Gasteiger partial charge is 0.497 e. The molecule has 4 heterocycles. The fraction of sp³-hybridized carbons (Fsp3) is 0.200. The molecule has 46 heavy (non-hydrogen) atoms. The SMILES string of the molecule is COc1ccc(CNc2nc3c(F)cccc3c3nc(CN4CCN(C(=O)Cc5ccccn5)c5ccccc54)cn23)c(OC)c1. The van der Waals surface area contributed by atoms with Crippen LogP contribution in [0.25, 0.3) is 16.6 Å². The van der Waals surface area contributed by atoms with Crippen molar-refractivity contribution in [2.24, 2.45) is 0 Å². The van der Waals surface area contributed by atoms with E-state index in [9.17, 15) is 4.79 Å². The quantitative estimate of drug-likeness (QED) is 0.223. The monoisotopic (exact) mass is 617 g/mol. The Bertz CT molecular complexity index is 2050. The molecule has 10 nitrogen and oxygen atoms in total. The molecule has 0 unspecified atom stereocenters. The first-order chi connectivity index (χ1) is 22.5. The summed E-state index contributed by atoms with van der Waals surface area (Å²) in [5.74, 6) is 1.39. The highest BCUT2D eigenvalue weighted by molar-refractivity contribution is 5.99. The number of rotatable bonds is 9. The molecule has 1 aliphatic rings. The Morgan fingerprint density at radius 3 is 2.57 bits per heavy atom. The predicted molar refractivity (Wildman–Crippen MR) is 175 cm³/mol. The average molecular weight is 618 g/mol. The lowest BCUT2D eigenvalue weighted by Crippen LogP contribution is -2.44. The van der Waals surface area contributed by atoms with Crippen molar-refractivity contribution in [3.8, 4) is 11.5 Å². The molecule has 0 saturated carbocycles. The minimum absolute atomic E-state index is 0.00214. The number of para-hydroxylation sites is 3. The third-order valence-electron chi connectivity index (χ3n) is 8.18. The van der Waals surface area contributed by atoms with Crippen molar-refractivity contribution in [2.45, 2.75) is 19.5 Å². The molecule has 0 saturated heterocycles. The Morgan fingerprint density at radius 2 is 1.76 bits per heavy atom. The maximum absolute atomic E-state index is 15.0. The highest BCUT2D eigenvalue weighted by atomic mass is 19.1. The molecule has 0 spiro atoms. The molecule has 232 valence electrons. The standard InChI is InChI=1S/C35H32FN7O3/c1-45-26-14-13-23(31(19-26)46-2)20-38-35-40-33-27(9-7-10-28(33)36)34-39-25(22-43(34)35)21-41-16-17-42(30-12-4-3-11-29(30)41)32(44)18-24-8-5-6-15-37-24/h3-15,19,22H,16-18,20-21H2,1-2H3,(H,38,40). The third-order valence-corrected chi connectivity index (χ3v) is 8.18. The van der Waals surface area contributed by atoms with Gasteiger partial charge in [-0.3, -0.25) is 14.2 Å². The van der Waals surface area contributed by atoms with Crippen molar-refractivity contribution in [3.05, 3.63) is 114 Å². The molecule has 6 aromatic rings. The van der Waals surface area contributed by atoms with Gasteiger partial charge in [0, 0.05) is 54.7 Å². The van der Waals surface area contributed by atoms with Crippen LogP contribution in [0.15, 0.2) is 91.3 Å². The van der Waals surface area contributed by atoms with Crippen molar-refractivity contribution < 1.29 is 18.7 Å². The molecule has 0 radical (unpaired) electrons. The lowest BCUT2D eigenvalue weighted by Gasteiger charge is -2.37. The first kappa shape index (κ1) is 29.0. The number of halogens is 1. The number of ether oxygens (including phenoxy) is 2. The zero-order valence-corrected chi connectivity index (χ0v) is 25.5. The van der Waals surface area contributed by atoms with Gasteiger partial charge in [0.1, 0.15) is 28.5 Å². The predicted octanol–water partition coefficient (Wildman–Crippen LogP) is 5.64. The highest BCUT2D eigenvalue weighted by Gasteiger charge is 2.27. The summed E-state index contributed by atoms with van der Waals surface area (Å²) in [6.07, 6.45) is 3.87. The number of aromatic nitrogens is 4. The molecular weight excluding hydrogens is 585 g/mol. The number of carbonyl (C=O) groups is 1. The van der Waals surface area contributed by atoms with Crippen molar-refractivity contribution in [2.75, 3.05) is 42.4 Å². The molecule has 0 bridgehead atoms. The van der Waals surface area contributed by atoms with E-state index in [1.165, 1.54) is 6.07 Å². The zero-order valence-electron chi connectivity index (χ0n) is 25.5. The second kappa shape index (κ2) is 12.4. The number of carbonyl (C=O) groups excluding carboxylic acids is 1. The molecule has 11 heteroatoms. The van der Waals surface area contributed by atoms with Gasteiger partial charge in [0.25, 0.3) is 0 Å². The lowest BCUT2D eigenvalue weighted by molar-refractivity contribution is -0.118. The van der Waals surface area contributed by atoms with Crippen molar-refractivity contribution in [3.63, 3.8) is 0 Å². The van der Waals surface area contributed by atoms with Gasteiger partial charge < -0.3 is 24.6 Å².